The maximum atomic E-state index is 5.55. The largest absolute Gasteiger partial charge is 0.448 e. The third kappa shape index (κ3) is 1.24. The van der Waals surface area contributed by atoms with Crippen LogP contribution in [0.5, 0.6) is 0 Å². The van der Waals surface area contributed by atoms with Crippen molar-refractivity contribution in [2.24, 2.45) is 22.7 Å². The fourth-order valence-electron chi connectivity index (χ4n) is 4.59. The van der Waals surface area contributed by atoms with Crippen molar-refractivity contribution in [2.45, 2.75) is 53.4 Å². The van der Waals surface area contributed by atoms with Crippen molar-refractivity contribution in [3.8, 4) is 0 Å². The predicted octanol–water partition coefficient (Wildman–Crippen LogP) is 4.02. The number of fused-ring (bicyclic) bond motifs is 3. The highest BCUT2D eigenvalue weighted by Crippen LogP contribution is 2.66. The van der Waals surface area contributed by atoms with Crippen LogP contribution < -0.4 is 0 Å². The highest BCUT2D eigenvalue weighted by Gasteiger charge is 2.59. The Morgan fingerprint density at radius 3 is 2.65 bits per heavy atom. The van der Waals surface area contributed by atoms with E-state index >= 15 is 0 Å². The molecule has 2 aliphatic carbocycles. The summed E-state index contributed by atoms with van der Waals surface area (Å²) in [6.07, 6.45) is 3.97. The van der Waals surface area contributed by atoms with Gasteiger partial charge in [-0.2, -0.15) is 0 Å². The van der Waals surface area contributed by atoms with Gasteiger partial charge in [0, 0.05) is 12.3 Å². The minimum atomic E-state index is 0.320. The zero-order valence-electron chi connectivity index (χ0n) is 11.6. The third-order valence-electron chi connectivity index (χ3n) is 6.04. The van der Waals surface area contributed by atoms with Gasteiger partial charge >= 0.3 is 0 Å². The minimum absolute atomic E-state index is 0.320. The zero-order chi connectivity index (χ0) is 12.4. The van der Waals surface area contributed by atoms with Crippen molar-refractivity contribution in [2.75, 3.05) is 0 Å². The van der Waals surface area contributed by atoms with Gasteiger partial charge in [-0.05, 0) is 29.1 Å². The second-order valence-corrected chi connectivity index (χ2v) is 7.15. The summed E-state index contributed by atoms with van der Waals surface area (Å²) in [6, 6.07) is 0. The first-order chi connectivity index (χ1) is 7.87. The first kappa shape index (κ1) is 11.3. The molecule has 0 aliphatic heterocycles. The van der Waals surface area contributed by atoms with Gasteiger partial charge in [-0.25, -0.2) is 4.98 Å². The first-order valence-electron chi connectivity index (χ1n) is 6.79. The highest BCUT2D eigenvalue weighted by atomic mass is 16.3. The quantitative estimate of drug-likeness (QED) is 0.676. The van der Waals surface area contributed by atoms with Crippen LogP contribution in [0.4, 0.5) is 0 Å². The molecule has 2 nitrogen and oxygen atoms in total. The van der Waals surface area contributed by atoms with Crippen LogP contribution in [0.25, 0.3) is 0 Å². The van der Waals surface area contributed by atoms with Gasteiger partial charge in [0.2, 0.25) is 0 Å². The van der Waals surface area contributed by atoms with E-state index in [9.17, 15) is 0 Å². The molecule has 0 saturated heterocycles. The molecular weight excluding hydrogens is 210 g/mol. The van der Waals surface area contributed by atoms with E-state index in [1.165, 1.54) is 12.1 Å². The maximum Gasteiger partial charge on any atom is 0.181 e. The van der Waals surface area contributed by atoms with E-state index in [2.05, 4.69) is 39.6 Å². The standard InChI is InChI=1S/C15H23NO/c1-9-14(2,3)10-6-7-11-13(16-8-17-11)12(10)15(9,4)5/h8-10,12H,6-7H2,1-5H3. The Morgan fingerprint density at radius 2 is 1.94 bits per heavy atom. The van der Waals surface area contributed by atoms with Gasteiger partial charge in [-0.1, -0.05) is 34.6 Å². The molecule has 17 heavy (non-hydrogen) atoms. The van der Waals surface area contributed by atoms with Gasteiger partial charge in [-0.15, -0.1) is 0 Å². The SMILES string of the molecule is CC1C(C)(C)C2CCc3ocnc3C2C1(C)C. The van der Waals surface area contributed by atoms with E-state index in [0.29, 0.717) is 22.7 Å². The van der Waals surface area contributed by atoms with Gasteiger partial charge in [0.1, 0.15) is 5.76 Å². The summed E-state index contributed by atoms with van der Waals surface area (Å²) in [5.74, 6) is 3.19. The molecule has 1 fully saturated rings. The van der Waals surface area contributed by atoms with Crippen molar-refractivity contribution >= 4 is 0 Å². The van der Waals surface area contributed by atoms with Gasteiger partial charge in [0.25, 0.3) is 0 Å². The number of aromatic nitrogens is 1. The van der Waals surface area contributed by atoms with Gasteiger partial charge < -0.3 is 4.42 Å². The van der Waals surface area contributed by atoms with Gasteiger partial charge in [-0.3, -0.25) is 0 Å². The number of aryl methyl sites for hydroxylation is 1. The lowest BCUT2D eigenvalue weighted by Gasteiger charge is -2.35. The Kier molecular flexibility index (Phi) is 2.10. The Hall–Kier alpha value is -0.790. The van der Waals surface area contributed by atoms with Crippen LogP contribution in [0.3, 0.4) is 0 Å². The van der Waals surface area contributed by atoms with E-state index in [0.717, 1.165) is 18.1 Å². The second-order valence-electron chi connectivity index (χ2n) is 7.15. The summed E-state index contributed by atoms with van der Waals surface area (Å²) >= 11 is 0. The molecule has 0 N–H and O–H groups in total. The monoisotopic (exact) mass is 233 g/mol. The number of nitrogens with zero attached hydrogens (tertiary/aromatic N) is 1. The minimum Gasteiger partial charge on any atom is -0.448 e. The number of rotatable bonds is 0. The Labute approximate surface area is 104 Å². The molecule has 0 spiro atoms. The molecule has 0 bridgehead atoms. The molecule has 0 amide bonds. The third-order valence-corrected chi connectivity index (χ3v) is 6.04. The van der Waals surface area contributed by atoms with Gasteiger partial charge in [0.15, 0.2) is 6.39 Å². The lowest BCUT2D eigenvalue weighted by atomic mass is 9.69. The molecule has 1 aromatic heterocycles. The van der Waals surface area contributed by atoms with E-state index in [4.69, 9.17) is 4.42 Å². The lowest BCUT2D eigenvalue weighted by Crippen LogP contribution is -2.28. The van der Waals surface area contributed by atoms with E-state index in [1.807, 2.05) is 0 Å². The average molecular weight is 233 g/mol. The summed E-state index contributed by atoms with van der Waals surface area (Å²) in [7, 11) is 0. The maximum absolute atomic E-state index is 5.55. The molecule has 3 atom stereocenters. The molecule has 1 aromatic rings. The van der Waals surface area contributed by atoms with Gasteiger partial charge in [0.05, 0.1) is 5.69 Å². The van der Waals surface area contributed by atoms with Crippen molar-refractivity contribution in [3.05, 3.63) is 17.8 Å². The molecule has 0 aromatic carbocycles. The smallest absolute Gasteiger partial charge is 0.181 e. The van der Waals surface area contributed by atoms with E-state index in [-0.39, 0.29) is 0 Å². The molecule has 0 radical (unpaired) electrons. The van der Waals surface area contributed by atoms with Crippen LogP contribution in [-0.2, 0) is 6.42 Å². The van der Waals surface area contributed by atoms with Crippen LogP contribution in [-0.4, -0.2) is 4.98 Å². The normalized spacial score (nSPS) is 37.6. The summed E-state index contributed by atoms with van der Waals surface area (Å²) < 4.78 is 5.55. The van der Waals surface area contributed by atoms with Crippen molar-refractivity contribution < 1.29 is 4.42 Å². The molecule has 1 saturated carbocycles. The highest BCUT2D eigenvalue weighted by molar-refractivity contribution is 5.27. The summed E-state index contributed by atoms with van der Waals surface area (Å²) in [5.41, 5.74) is 1.98. The van der Waals surface area contributed by atoms with E-state index in [1.54, 1.807) is 6.39 Å². The summed E-state index contributed by atoms with van der Waals surface area (Å²) in [5, 5.41) is 0. The van der Waals surface area contributed by atoms with Crippen molar-refractivity contribution in [1.82, 2.24) is 4.98 Å². The molecule has 3 unspecified atom stereocenters. The topological polar surface area (TPSA) is 26.0 Å². The summed E-state index contributed by atoms with van der Waals surface area (Å²) in [6.45, 7) is 12.1. The molecule has 2 aliphatic rings. The van der Waals surface area contributed by atoms with Crippen molar-refractivity contribution in [1.29, 1.82) is 0 Å². The van der Waals surface area contributed by atoms with Crippen LogP contribution in [0.1, 0.15) is 58.4 Å². The van der Waals surface area contributed by atoms with Crippen LogP contribution in [0.2, 0.25) is 0 Å². The fraction of sp³-hybridized carbons (Fsp3) is 0.800. The van der Waals surface area contributed by atoms with Crippen molar-refractivity contribution in [3.63, 3.8) is 0 Å². The lowest BCUT2D eigenvalue weighted by molar-refractivity contribution is 0.150. The van der Waals surface area contributed by atoms with Crippen LogP contribution in [0.15, 0.2) is 10.8 Å². The second kappa shape index (κ2) is 3.15. The predicted molar refractivity (Wildman–Crippen MR) is 67.8 cm³/mol. The van der Waals surface area contributed by atoms with Crippen LogP contribution >= 0.6 is 0 Å². The molecule has 2 heteroatoms. The number of hydrogen-bond acceptors (Lipinski definition) is 2. The van der Waals surface area contributed by atoms with Crippen LogP contribution in [0, 0.1) is 22.7 Å². The molecular formula is C15H23NO. The van der Waals surface area contributed by atoms with E-state index < -0.39 is 0 Å². The average Bonchev–Trinajstić information content (AvgIpc) is 2.77. The zero-order valence-corrected chi connectivity index (χ0v) is 11.6. The molecule has 3 rings (SSSR count). The Balaban J connectivity index is 2.15. The Morgan fingerprint density at radius 1 is 1.24 bits per heavy atom. The number of oxazole rings is 1. The fourth-order valence-corrected chi connectivity index (χ4v) is 4.59. The number of hydrogen-bond donors (Lipinski definition) is 0. The molecule has 1 heterocycles. The Bertz CT molecular complexity index is 444. The summed E-state index contributed by atoms with van der Waals surface area (Å²) in [4.78, 5) is 4.53. The molecule has 94 valence electrons. The first-order valence-corrected chi connectivity index (χ1v) is 6.79.